The largest absolute Gasteiger partial charge is 0.375 e. The highest BCUT2D eigenvalue weighted by Crippen LogP contribution is 2.57. The summed E-state index contributed by atoms with van der Waals surface area (Å²) < 4.78 is 6.37. The van der Waals surface area contributed by atoms with E-state index in [-0.39, 0.29) is 5.60 Å². The molecule has 4 fully saturated rings. The molecule has 4 aliphatic carbocycles. The molecule has 0 aromatic carbocycles. The predicted octanol–water partition coefficient (Wildman–Crippen LogP) is 4.90. The van der Waals surface area contributed by atoms with E-state index in [1.165, 1.54) is 51.4 Å². The molecule has 0 saturated heterocycles. The van der Waals surface area contributed by atoms with Gasteiger partial charge < -0.3 is 4.74 Å². The Kier molecular flexibility index (Phi) is 5.03. The third kappa shape index (κ3) is 3.88. The number of Topliss-reactive ketones (excluding diaryl/α,β-unsaturated/α-hetero) is 1. The first-order valence-electron chi connectivity index (χ1n) is 9.35. The van der Waals surface area contributed by atoms with Gasteiger partial charge in [0.15, 0.2) is 0 Å². The summed E-state index contributed by atoms with van der Waals surface area (Å²) in [4.78, 5) is 11.8. The smallest absolute Gasteiger partial charge is 0.132 e. The van der Waals surface area contributed by atoms with Gasteiger partial charge >= 0.3 is 0 Å². The molecule has 0 aromatic heterocycles. The molecule has 2 nitrogen and oxygen atoms in total. The van der Waals surface area contributed by atoms with Crippen LogP contribution in [-0.2, 0) is 9.53 Å². The van der Waals surface area contributed by atoms with Crippen LogP contribution in [0.4, 0.5) is 0 Å². The van der Waals surface area contributed by atoms with Gasteiger partial charge in [-0.25, -0.2) is 0 Å². The molecular formula is C19H32O2. The Morgan fingerprint density at radius 3 is 2.10 bits per heavy atom. The lowest BCUT2D eigenvalue weighted by Crippen LogP contribution is -2.52. The van der Waals surface area contributed by atoms with Crippen molar-refractivity contribution in [1.82, 2.24) is 0 Å². The van der Waals surface area contributed by atoms with Crippen molar-refractivity contribution in [3.8, 4) is 0 Å². The van der Waals surface area contributed by atoms with Crippen LogP contribution in [0.1, 0.15) is 84.0 Å². The molecule has 21 heavy (non-hydrogen) atoms. The highest BCUT2D eigenvalue weighted by atomic mass is 16.5. The van der Waals surface area contributed by atoms with E-state index in [9.17, 15) is 4.79 Å². The molecule has 0 heterocycles. The molecule has 4 aliphatic rings. The Bertz CT molecular complexity index is 325. The molecule has 4 rings (SSSR count). The molecule has 0 spiro atoms. The molecule has 0 amide bonds. The Morgan fingerprint density at radius 1 is 0.952 bits per heavy atom. The van der Waals surface area contributed by atoms with E-state index in [0.717, 1.165) is 50.0 Å². The van der Waals surface area contributed by atoms with Gasteiger partial charge in [0.05, 0.1) is 5.60 Å². The number of hydrogen-bond acceptors (Lipinski definition) is 2. The van der Waals surface area contributed by atoms with E-state index >= 15 is 0 Å². The van der Waals surface area contributed by atoms with Crippen molar-refractivity contribution in [3.63, 3.8) is 0 Å². The molecule has 4 saturated carbocycles. The second-order valence-electron chi connectivity index (χ2n) is 8.05. The van der Waals surface area contributed by atoms with Gasteiger partial charge in [-0.15, -0.1) is 0 Å². The van der Waals surface area contributed by atoms with Crippen LogP contribution in [0.25, 0.3) is 0 Å². The molecule has 120 valence electrons. The number of rotatable bonds is 9. The number of ketones is 1. The van der Waals surface area contributed by atoms with Crippen molar-refractivity contribution < 1.29 is 9.53 Å². The number of carbonyl (C=O) groups excluding carboxylic acids is 1. The highest BCUT2D eigenvalue weighted by Gasteiger charge is 2.51. The average Bonchev–Trinajstić information content (AvgIpc) is 2.42. The van der Waals surface area contributed by atoms with Crippen molar-refractivity contribution in [3.05, 3.63) is 0 Å². The fourth-order valence-electron chi connectivity index (χ4n) is 5.46. The van der Waals surface area contributed by atoms with Crippen molar-refractivity contribution in [2.45, 2.75) is 89.6 Å². The summed E-state index contributed by atoms with van der Waals surface area (Å²) >= 11 is 0. The van der Waals surface area contributed by atoms with Gasteiger partial charge in [-0.3, -0.25) is 4.79 Å². The van der Waals surface area contributed by atoms with Crippen molar-refractivity contribution >= 4 is 5.78 Å². The first kappa shape index (κ1) is 15.5. The van der Waals surface area contributed by atoms with E-state index in [1.54, 1.807) is 0 Å². The number of carbonyl (C=O) groups is 1. The van der Waals surface area contributed by atoms with E-state index in [0.29, 0.717) is 5.78 Å². The first-order chi connectivity index (χ1) is 10.2. The summed E-state index contributed by atoms with van der Waals surface area (Å²) in [5.41, 5.74) is 0.222. The lowest BCUT2D eigenvalue weighted by molar-refractivity contribution is -0.163. The van der Waals surface area contributed by atoms with Gasteiger partial charge in [0.1, 0.15) is 5.78 Å². The summed E-state index contributed by atoms with van der Waals surface area (Å²) in [5, 5.41) is 0. The molecular weight excluding hydrogens is 260 g/mol. The maximum atomic E-state index is 11.8. The standard InChI is InChI=1S/C19H32O2/c1-2-3-4-6-18(20)7-5-8-21-19-12-15-9-16(13-19)11-17(10-15)14-19/h15-17H,2-14H2,1H3. The highest BCUT2D eigenvalue weighted by molar-refractivity contribution is 5.78. The molecule has 0 atom stereocenters. The zero-order valence-electron chi connectivity index (χ0n) is 13.7. The molecule has 2 heteroatoms. The Morgan fingerprint density at radius 2 is 1.52 bits per heavy atom. The zero-order valence-corrected chi connectivity index (χ0v) is 13.7. The average molecular weight is 292 g/mol. The molecule has 0 N–H and O–H groups in total. The number of hydrogen-bond donors (Lipinski definition) is 0. The Balaban J connectivity index is 1.35. The molecule has 0 aliphatic heterocycles. The maximum Gasteiger partial charge on any atom is 0.132 e. The van der Waals surface area contributed by atoms with Gasteiger partial charge in [0.25, 0.3) is 0 Å². The molecule has 0 unspecified atom stereocenters. The summed E-state index contributed by atoms with van der Waals surface area (Å²) in [5.74, 6) is 3.29. The van der Waals surface area contributed by atoms with E-state index < -0.39 is 0 Å². The summed E-state index contributed by atoms with van der Waals surface area (Å²) in [6.07, 6.45) is 14.3. The topological polar surface area (TPSA) is 26.3 Å². The van der Waals surface area contributed by atoms with Gasteiger partial charge in [0, 0.05) is 19.4 Å². The van der Waals surface area contributed by atoms with Crippen LogP contribution in [0.3, 0.4) is 0 Å². The zero-order chi connectivity index (χ0) is 14.7. The van der Waals surface area contributed by atoms with Crippen molar-refractivity contribution in [2.24, 2.45) is 17.8 Å². The predicted molar refractivity (Wildman–Crippen MR) is 85.2 cm³/mol. The van der Waals surface area contributed by atoms with Crippen LogP contribution in [0.5, 0.6) is 0 Å². The molecule has 4 bridgehead atoms. The van der Waals surface area contributed by atoms with Crippen LogP contribution in [0.15, 0.2) is 0 Å². The lowest BCUT2D eigenvalue weighted by atomic mass is 9.54. The minimum atomic E-state index is 0.222. The fraction of sp³-hybridized carbons (Fsp3) is 0.947. The second kappa shape index (κ2) is 6.81. The fourth-order valence-corrected chi connectivity index (χ4v) is 5.46. The van der Waals surface area contributed by atoms with E-state index in [1.807, 2.05) is 0 Å². The first-order valence-corrected chi connectivity index (χ1v) is 9.35. The van der Waals surface area contributed by atoms with Crippen LogP contribution >= 0.6 is 0 Å². The molecule has 0 radical (unpaired) electrons. The van der Waals surface area contributed by atoms with Gasteiger partial charge in [-0.2, -0.15) is 0 Å². The van der Waals surface area contributed by atoms with Crippen molar-refractivity contribution in [2.75, 3.05) is 6.61 Å². The number of ether oxygens (including phenoxy) is 1. The van der Waals surface area contributed by atoms with Gasteiger partial charge in [-0.05, 0) is 69.1 Å². The minimum Gasteiger partial charge on any atom is -0.375 e. The quantitative estimate of drug-likeness (QED) is 0.565. The van der Waals surface area contributed by atoms with E-state index in [2.05, 4.69) is 6.92 Å². The third-order valence-corrected chi connectivity index (χ3v) is 6.05. The van der Waals surface area contributed by atoms with Crippen LogP contribution in [0.2, 0.25) is 0 Å². The Labute approximate surface area is 130 Å². The Hall–Kier alpha value is -0.370. The summed E-state index contributed by atoms with van der Waals surface area (Å²) in [6.45, 7) is 3.00. The molecule has 0 aromatic rings. The van der Waals surface area contributed by atoms with Gasteiger partial charge in [0.2, 0.25) is 0 Å². The van der Waals surface area contributed by atoms with Crippen LogP contribution < -0.4 is 0 Å². The summed E-state index contributed by atoms with van der Waals surface area (Å²) in [6, 6.07) is 0. The second-order valence-corrected chi connectivity index (χ2v) is 8.05. The normalized spacial score (nSPS) is 37.1. The number of unbranched alkanes of at least 4 members (excludes halogenated alkanes) is 2. The van der Waals surface area contributed by atoms with Crippen LogP contribution in [0, 0.1) is 17.8 Å². The monoisotopic (exact) mass is 292 g/mol. The van der Waals surface area contributed by atoms with Gasteiger partial charge in [-0.1, -0.05) is 19.8 Å². The van der Waals surface area contributed by atoms with Crippen LogP contribution in [-0.4, -0.2) is 18.0 Å². The third-order valence-electron chi connectivity index (χ3n) is 6.05. The van der Waals surface area contributed by atoms with Crippen molar-refractivity contribution in [1.29, 1.82) is 0 Å². The minimum absolute atomic E-state index is 0.222. The summed E-state index contributed by atoms with van der Waals surface area (Å²) in [7, 11) is 0. The maximum absolute atomic E-state index is 11.8. The lowest BCUT2D eigenvalue weighted by Gasteiger charge is -2.56. The van der Waals surface area contributed by atoms with E-state index in [4.69, 9.17) is 4.74 Å². The SMILES string of the molecule is CCCCCC(=O)CCCOC12CC3CC(CC(C3)C1)C2.